The summed E-state index contributed by atoms with van der Waals surface area (Å²) in [6.07, 6.45) is 0. The minimum atomic E-state index is 0.730. The molecule has 1 aliphatic heterocycles. The number of hydrogen-bond donors (Lipinski definition) is 0. The summed E-state index contributed by atoms with van der Waals surface area (Å²) in [6, 6.07) is 0.730. The maximum atomic E-state index is 3.00. The van der Waals surface area contributed by atoms with Gasteiger partial charge in [0, 0.05) is 32.2 Å². The van der Waals surface area contributed by atoms with Crippen molar-refractivity contribution in [3.05, 3.63) is 13.2 Å². The smallest absolute Gasteiger partial charge is 0.0112 e. The SMILES string of the molecule is C=C.CC(C)N1CCN(C)CC1. The van der Waals surface area contributed by atoms with Gasteiger partial charge in [-0.05, 0) is 20.9 Å². The molecular weight excluding hydrogens is 148 g/mol. The van der Waals surface area contributed by atoms with Gasteiger partial charge < -0.3 is 4.90 Å². The van der Waals surface area contributed by atoms with Crippen molar-refractivity contribution in [3.8, 4) is 0 Å². The highest BCUT2D eigenvalue weighted by atomic mass is 15.3. The lowest BCUT2D eigenvalue weighted by molar-refractivity contribution is 0.126. The molecule has 1 rings (SSSR count). The van der Waals surface area contributed by atoms with E-state index in [9.17, 15) is 0 Å². The van der Waals surface area contributed by atoms with Gasteiger partial charge >= 0.3 is 0 Å². The lowest BCUT2D eigenvalue weighted by atomic mass is 10.2. The van der Waals surface area contributed by atoms with E-state index in [1.54, 1.807) is 0 Å². The number of piperazine rings is 1. The van der Waals surface area contributed by atoms with E-state index in [0.717, 1.165) is 6.04 Å². The van der Waals surface area contributed by atoms with Gasteiger partial charge in [0.15, 0.2) is 0 Å². The maximum absolute atomic E-state index is 3.00. The molecule has 0 atom stereocenters. The van der Waals surface area contributed by atoms with Gasteiger partial charge in [-0.2, -0.15) is 0 Å². The molecule has 1 fully saturated rings. The Hall–Kier alpha value is -0.340. The zero-order valence-corrected chi connectivity index (χ0v) is 8.71. The number of hydrogen-bond acceptors (Lipinski definition) is 2. The number of rotatable bonds is 1. The van der Waals surface area contributed by atoms with Crippen molar-refractivity contribution in [2.45, 2.75) is 19.9 Å². The van der Waals surface area contributed by atoms with Crippen molar-refractivity contribution in [2.75, 3.05) is 33.2 Å². The third-order valence-corrected chi connectivity index (χ3v) is 2.27. The van der Waals surface area contributed by atoms with Crippen LogP contribution in [0.15, 0.2) is 13.2 Å². The van der Waals surface area contributed by atoms with Crippen LogP contribution in [0.25, 0.3) is 0 Å². The Morgan fingerprint density at radius 3 is 1.75 bits per heavy atom. The Balaban J connectivity index is 0.000000561. The Morgan fingerprint density at radius 1 is 1.00 bits per heavy atom. The van der Waals surface area contributed by atoms with Crippen LogP contribution < -0.4 is 0 Å². The lowest BCUT2D eigenvalue weighted by Crippen LogP contribution is -2.47. The Morgan fingerprint density at radius 2 is 1.42 bits per heavy atom. The standard InChI is InChI=1S/C8H18N2.C2H4/c1-8(2)10-6-4-9(3)5-7-10;1-2/h8H,4-7H2,1-3H3;1-2H2. The van der Waals surface area contributed by atoms with Crippen molar-refractivity contribution in [1.82, 2.24) is 9.80 Å². The molecule has 0 radical (unpaired) electrons. The molecule has 2 nitrogen and oxygen atoms in total. The molecule has 0 bridgehead atoms. The first-order valence-corrected chi connectivity index (χ1v) is 4.63. The number of nitrogens with zero attached hydrogens (tertiary/aromatic N) is 2. The van der Waals surface area contributed by atoms with Gasteiger partial charge in [0.25, 0.3) is 0 Å². The van der Waals surface area contributed by atoms with Crippen LogP contribution in [-0.2, 0) is 0 Å². The topological polar surface area (TPSA) is 6.48 Å². The van der Waals surface area contributed by atoms with Gasteiger partial charge in [0.1, 0.15) is 0 Å². The summed E-state index contributed by atoms with van der Waals surface area (Å²) in [7, 11) is 2.19. The van der Waals surface area contributed by atoms with Crippen molar-refractivity contribution in [3.63, 3.8) is 0 Å². The highest BCUT2D eigenvalue weighted by Crippen LogP contribution is 2.02. The zero-order chi connectivity index (χ0) is 9.56. The van der Waals surface area contributed by atoms with Crippen LogP contribution >= 0.6 is 0 Å². The summed E-state index contributed by atoms with van der Waals surface area (Å²) in [5.74, 6) is 0. The summed E-state index contributed by atoms with van der Waals surface area (Å²) in [6.45, 7) is 15.5. The number of likely N-dealkylation sites (N-methyl/N-ethyl adjacent to an activating group) is 1. The van der Waals surface area contributed by atoms with E-state index in [0.29, 0.717) is 0 Å². The Bertz CT molecular complexity index is 104. The van der Waals surface area contributed by atoms with E-state index in [1.165, 1.54) is 26.2 Å². The minimum absolute atomic E-state index is 0.730. The van der Waals surface area contributed by atoms with Gasteiger partial charge in [-0.3, -0.25) is 4.90 Å². The van der Waals surface area contributed by atoms with Crippen LogP contribution in [0.4, 0.5) is 0 Å². The van der Waals surface area contributed by atoms with Gasteiger partial charge in [-0.15, -0.1) is 13.2 Å². The second-order valence-corrected chi connectivity index (χ2v) is 3.43. The van der Waals surface area contributed by atoms with Crippen LogP contribution in [0.2, 0.25) is 0 Å². The maximum Gasteiger partial charge on any atom is 0.0112 e. The molecule has 72 valence electrons. The van der Waals surface area contributed by atoms with Gasteiger partial charge in [0.05, 0.1) is 0 Å². The van der Waals surface area contributed by atoms with Crippen LogP contribution in [0.3, 0.4) is 0 Å². The molecule has 1 heterocycles. The Kier molecular flexibility index (Phi) is 6.03. The lowest BCUT2D eigenvalue weighted by Gasteiger charge is -2.34. The molecule has 1 aliphatic rings. The molecular formula is C10H22N2. The van der Waals surface area contributed by atoms with Crippen molar-refractivity contribution >= 4 is 0 Å². The molecule has 0 amide bonds. The van der Waals surface area contributed by atoms with Crippen LogP contribution in [0.1, 0.15) is 13.8 Å². The summed E-state index contributed by atoms with van der Waals surface area (Å²) in [4.78, 5) is 4.92. The predicted octanol–water partition coefficient (Wildman–Crippen LogP) is 1.44. The van der Waals surface area contributed by atoms with Crippen molar-refractivity contribution in [2.24, 2.45) is 0 Å². The van der Waals surface area contributed by atoms with Crippen LogP contribution in [0.5, 0.6) is 0 Å². The highest BCUT2D eigenvalue weighted by Gasteiger charge is 2.15. The monoisotopic (exact) mass is 170 g/mol. The Labute approximate surface area is 76.9 Å². The van der Waals surface area contributed by atoms with E-state index < -0.39 is 0 Å². The normalized spacial score (nSPS) is 20.3. The largest absolute Gasteiger partial charge is 0.304 e. The average molecular weight is 170 g/mol. The molecule has 0 N–H and O–H groups in total. The molecule has 0 aliphatic carbocycles. The minimum Gasteiger partial charge on any atom is -0.304 e. The fourth-order valence-corrected chi connectivity index (χ4v) is 1.34. The zero-order valence-electron chi connectivity index (χ0n) is 8.71. The van der Waals surface area contributed by atoms with Crippen LogP contribution in [-0.4, -0.2) is 49.1 Å². The van der Waals surface area contributed by atoms with Crippen LogP contribution in [0, 0.1) is 0 Å². The molecule has 0 aromatic heterocycles. The average Bonchev–Trinajstić information content (AvgIpc) is 2.09. The van der Waals surface area contributed by atoms with E-state index in [2.05, 4.69) is 43.9 Å². The predicted molar refractivity (Wildman–Crippen MR) is 55.5 cm³/mol. The van der Waals surface area contributed by atoms with Gasteiger partial charge in [0.2, 0.25) is 0 Å². The van der Waals surface area contributed by atoms with Gasteiger partial charge in [-0.1, -0.05) is 0 Å². The second kappa shape index (κ2) is 6.21. The molecule has 1 saturated heterocycles. The molecule has 2 heteroatoms. The summed E-state index contributed by atoms with van der Waals surface area (Å²) >= 11 is 0. The second-order valence-electron chi connectivity index (χ2n) is 3.43. The fourth-order valence-electron chi connectivity index (χ4n) is 1.34. The van der Waals surface area contributed by atoms with E-state index in [1.807, 2.05) is 0 Å². The third kappa shape index (κ3) is 3.88. The molecule has 12 heavy (non-hydrogen) atoms. The first kappa shape index (κ1) is 11.7. The van der Waals surface area contributed by atoms with E-state index >= 15 is 0 Å². The molecule has 0 saturated carbocycles. The molecule has 0 aromatic carbocycles. The van der Waals surface area contributed by atoms with Crippen molar-refractivity contribution in [1.29, 1.82) is 0 Å². The molecule has 0 unspecified atom stereocenters. The summed E-state index contributed by atoms with van der Waals surface area (Å²) < 4.78 is 0. The highest BCUT2D eigenvalue weighted by molar-refractivity contribution is 4.71. The van der Waals surface area contributed by atoms with E-state index in [-0.39, 0.29) is 0 Å². The fraction of sp³-hybridized carbons (Fsp3) is 0.800. The summed E-state index contributed by atoms with van der Waals surface area (Å²) in [5.41, 5.74) is 0. The summed E-state index contributed by atoms with van der Waals surface area (Å²) in [5, 5.41) is 0. The van der Waals surface area contributed by atoms with E-state index in [4.69, 9.17) is 0 Å². The third-order valence-electron chi connectivity index (χ3n) is 2.27. The molecule has 0 spiro atoms. The first-order chi connectivity index (χ1) is 5.70. The molecule has 0 aromatic rings. The quantitative estimate of drug-likeness (QED) is 0.550. The van der Waals surface area contributed by atoms with Crippen molar-refractivity contribution < 1.29 is 0 Å². The first-order valence-electron chi connectivity index (χ1n) is 4.63. The van der Waals surface area contributed by atoms with Gasteiger partial charge in [-0.25, -0.2) is 0 Å².